The molecule has 0 unspecified atom stereocenters. The summed E-state index contributed by atoms with van der Waals surface area (Å²) in [6.45, 7) is 3.94. The highest BCUT2D eigenvalue weighted by Crippen LogP contribution is 2.37. The van der Waals surface area contributed by atoms with Crippen molar-refractivity contribution in [1.82, 2.24) is 15.2 Å². The first kappa shape index (κ1) is 19.0. The Hall–Kier alpha value is -1.36. The van der Waals surface area contributed by atoms with Gasteiger partial charge in [-0.05, 0) is 42.7 Å². The molecule has 1 aromatic carbocycles. The molecule has 0 bridgehead atoms. The smallest absolute Gasteiger partial charge is 0.273 e. The van der Waals surface area contributed by atoms with Crippen LogP contribution in [0.3, 0.4) is 0 Å². The zero-order valence-electron chi connectivity index (χ0n) is 13.5. The number of hydrogen-bond acceptors (Lipinski definition) is 3. The molecule has 130 valence electrons. The number of carbonyl (C=O) groups is 1. The van der Waals surface area contributed by atoms with Crippen LogP contribution in [0.25, 0.3) is 10.8 Å². The molecule has 1 N–H and O–H groups in total. The number of piperidine rings is 1. The molecule has 2 fully saturated rings. The zero-order chi connectivity index (χ0) is 15.0. The summed E-state index contributed by atoms with van der Waals surface area (Å²) in [6, 6.07) is 9.94. The lowest BCUT2D eigenvalue weighted by molar-refractivity contribution is 0.0604. The molecule has 4 rings (SSSR count). The largest absolute Gasteiger partial charge is 0.337 e. The van der Waals surface area contributed by atoms with Gasteiger partial charge in [0.2, 0.25) is 0 Å². The normalized spacial score (nSPS) is 18.9. The minimum Gasteiger partial charge on any atom is -0.337 e. The van der Waals surface area contributed by atoms with Crippen LogP contribution < -0.4 is 5.32 Å². The molecule has 1 spiro atoms. The molecule has 2 aromatic rings. The molecule has 0 atom stereocenters. The molecule has 24 heavy (non-hydrogen) atoms. The molecule has 2 saturated heterocycles. The number of nitrogens with one attached hydrogen (secondary N) is 1. The third-order valence-electron chi connectivity index (χ3n) is 5.32. The van der Waals surface area contributed by atoms with Gasteiger partial charge >= 0.3 is 0 Å². The van der Waals surface area contributed by atoms with Crippen LogP contribution in [-0.2, 0) is 0 Å². The van der Waals surface area contributed by atoms with Gasteiger partial charge in [0.1, 0.15) is 5.69 Å². The van der Waals surface area contributed by atoms with E-state index in [9.17, 15) is 4.79 Å². The van der Waals surface area contributed by atoms with Crippen LogP contribution in [-0.4, -0.2) is 42.0 Å². The third kappa shape index (κ3) is 3.37. The number of nitrogens with zero attached hydrogens (tertiary/aromatic N) is 2. The molecular weight excluding hydrogens is 345 g/mol. The first-order valence-electron chi connectivity index (χ1n) is 8.11. The van der Waals surface area contributed by atoms with E-state index in [4.69, 9.17) is 0 Å². The lowest BCUT2D eigenvalue weighted by Gasteiger charge is -2.38. The molecule has 0 aliphatic carbocycles. The van der Waals surface area contributed by atoms with E-state index in [2.05, 4.69) is 10.3 Å². The zero-order valence-corrected chi connectivity index (χ0v) is 15.2. The first-order chi connectivity index (χ1) is 10.8. The Morgan fingerprint density at radius 3 is 2.54 bits per heavy atom. The van der Waals surface area contributed by atoms with E-state index in [0.29, 0.717) is 11.1 Å². The average Bonchev–Trinajstić information content (AvgIpc) is 3.02. The fourth-order valence-corrected chi connectivity index (χ4v) is 3.85. The number of carbonyl (C=O) groups excluding carboxylic acids is 1. The second-order valence-electron chi connectivity index (χ2n) is 6.60. The second-order valence-corrected chi connectivity index (χ2v) is 6.60. The predicted molar refractivity (Wildman–Crippen MR) is 101 cm³/mol. The fraction of sp³-hybridized carbons (Fsp3) is 0.444. The predicted octanol–water partition coefficient (Wildman–Crippen LogP) is 3.29. The van der Waals surface area contributed by atoms with E-state index < -0.39 is 0 Å². The Morgan fingerprint density at radius 2 is 1.83 bits per heavy atom. The second kappa shape index (κ2) is 7.68. The summed E-state index contributed by atoms with van der Waals surface area (Å²) < 4.78 is 0. The number of fused-ring (bicyclic) bond motifs is 1. The summed E-state index contributed by atoms with van der Waals surface area (Å²) in [5.41, 5.74) is 1.03. The van der Waals surface area contributed by atoms with Crippen LogP contribution in [0.4, 0.5) is 0 Å². The summed E-state index contributed by atoms with van der Waals surface area (Å²) >= 11 is 0. The minimum absolute atomic E-state index is 0. The summed E-state index contributed by atoms with van der Waals surface area (Å²) in [6.07, 6.45) is 5.20. The highest BCUT2D eigenvalue weighted by atomic mass is 35.5. The van der Waals surface area contributed by atoms with Gasteiger partial charge in [-0.2, -0.15) is 0 Å². The number of amides is 1. The molecule has 1 amide bonds. The molecule has 2 aliphatic heterocycles. The number of halogens is 2. The van der Waals surface area contributed by atoms with Crippen molar-refractivity contribution in [2.24, 2.45) is 5.41 Å². The molecule has 1 aromatic heterocycles. The van der Waals surface area contributed by atoms with Crippen molar-refractivity contribution in [3.8, 4) is 0 Å². The maximum atomic E-state index is 12.9. The molecular formula is C18H23Cl2N3O. The summed E-state index contributed by atoms with van der Waals surface area (Å²) in [4.78, 5) is 19.2. The van der Waals surface area contributed by atoms with E-state index in [1.165, 1.54) is 6.42 Å². The van der Waals surface area contributed by atoms with Crippen LogP contribution >= 0.6 is 24.8 Å². The average molecular weight is 368 g/mol. The van der Waals surface area contributed by atoms with Crippen molar-refractivity contribution in [2.45, 2.75) is 19.3 Å². The maximum Gasteiger partial charge on any atom is 0.273 e. The standard InChI is InChI=1S/C18H21N3O.2ClH/c22-17(16-15-4-2-1-3-14(15)5-9-20-16)21-11-7-18(8-12-21)6-10-19-13-18;;/h1-5,9,19H,6-8,10-13H2;2*1H. The Bertz CT molecular complexity index is 701. The number of aromatic nitrogens is 1. The lowest BCUT2D eigenvalue weighted by atomic mass is 9.78. The van der Waals surface area contributed by atoms with Gasteiger partial charge in [-0.25, -0.2) is 0 Å². The fourth-order valence-electron chi connectivity index (χ4n) is 3.85. The quantitative estimate of drug-likeness (QED) is 0.840. The molecule has 4 nitrogen and oxygen atoms in total. The van der Waals surface area contributed by atoms with Crippen molar-refractivity contribution >= 4 is 41.5 Å². The van der Waals surface area contributed by atoms with Crippen LogP contribution in [0.5, 0.6) is 0 Å². The Kier molecular flexibility index (Phi) is 6.07. The monoisotopic (exact) mass is 367 g/mol. The van der Waals surface area contributed by atoms with E-state index >= 15 is 0 Å². The first-order valence-corrected chi connectivity index (χ1v) is 8.11. The highest BCUT2D eigenvalue weighted by molar-refractivity contribution is 6.05. The Morgan fingerprint density at radius 1 is 1.08 bits per heavy atom. The highest BCUT2D eigenvalue weighted by Gasteiger charge is 2.38. The number of pyridine rings is 1. The van der Waals surface area contributed by atoms with E-state index in [1.807, 2.05) is 35.2 Å². The third-order valence-corrected chi connectivity index (χ3v) is 5.32. The lowest BCUT2D eigenvalue weighted by Crippen LogP contribution is -2.44. The van der Waals surface area contributed by atoms with Crippen LogP contribution in [0.2, 0.25) is 0 Å². The maximum absolute atomic E-state index is 12.9. The van der Waals surface area contributed by atoms with Gasteiger partial charge in [-0.1, -0.05) is 24.3 Å². The number of likely N-dealkylation sites (tertiary alicyclic amines) is 1. The van der Waals surface area contributed by atoms with Gasteiger partial charge in [0.25, 0.3) is 5.91 Å². The van der Waals surface area contributed by atoms with Crippen molar-refractivity contribution in [3.05, 3.63) is 42.2 Å². The van der Waals surface area contributed by atoms with Gasteiger partial charge < -0.3 is 10.2 Å². The van der Waals surface area contributed by atoms with E-state index in [-0.39, 0.29) is 30.7 Å². The molecule has 0 saturated carbocycles. The summed E-state index contributed by atoms with van der Waals surface area (Å²) in [7, 11) is 0. The van der Waals surface area contributed by atoms with Crippen molar-refractivity contribution < 1.29 is 4.79 Å². The van der Waals surface area contributed by atoms with Gasteiger partial charge in [-0.3, -0.25) is 9.78 Å². The van der Waals surface area contributed by atoms with Gasteiger partial charge in [0.15, 0.2) is 0 Å². The minimum atomic E-state index is 0. The Labute approximate surface area is 154 Å². The van der Waals surface area contributed by atoms with Crippen LogP contribution in [0.15, 0.2) is 36.5 Å². The molecule has 2 aliphatic rings. The van der Waals surface area contributed by atoms with Gasteiger partial charge in [0.05, 0.1) is 0 Å². The number of benzene rings is 1. The number of hydrogen-bond donors (Lipinski definition) is 1. The van der Waals surface area contributed by atoms with E-state index in [1.54, 1.807) is 6.20 Å². The van der Waals surface area contributed by atoms with Crippen LogP contribution in [0, 0.1) is 5.41 Å². The topological polar surface area (TPSA) is 45.2 Å². The van der Waals surface area contributed by atoms with Crippen molar-refractivity contribution in [1.29, 1.82) is 0 Å². The van der Waals surface area contributed by atoms with Gasteiger partial charge in [-0.15, -0.1) is 24.8 Å². The molecule has 6 heteroatoms. The van der Waals surface area contributed by atoms with Gasteiger partial charge in [0, 0.05) is 31.2 Å². The van der Waals surface area contributed by atoms with Crippen molar-refractivity contribution in [2.75, 3.05) is 26.2 Å². The van der Waals surface area contributed by atoms with Crippen LogP contribution in [0.1, 0.15) is 29.8 Å². The van der Waals surface area contributed by atoms with Crippen molar-refractivity contribution in [3.63, 3.8) is 0 Å². The molecule has 0 radical (unpaired) electrons. The van der Waals surface area contributed by atoms with E-state index in [0.717, 1.165) is 49.8 Å². The summed E-state index contributed by atoms with van der Waals surface area (Å²) in [5.74, 6) is 0.0811. The SMILES string of the molecule is Cl.Cl.O=C(c1nccc2ccccc12)N1CCC2(CCNC2)CC1. The summed E-state index contributed by atoms with van der Waals surface area (Å²) in [5, 5.41) is 5.50. The molecule has 3 heterocycles. The number of rotatable bonds is 1. The Balaban J connectivity index is 0.00000104.